The Morgan fingerprint density at radius 1 is 0.724 bits per heavy atom. The maximum absolute atomic E-state index is 13.0. The molecule has 0 saturated heterocycles. The minimum absolute atomic E-state index is 0.00390. The highest BCUT2D eigenvalue weighted by atomic mass is 16.3. The zero-order chi connectivity index (χ0) is 20.4. The molecule has 144 valence electrons. The second-order valence-corrected chi connectivity index (χ2v) is 6.30. The average Bonchev–Trinajstić information content (AvgIpc) is 3.43. The van der Waals surface area contributed by atoms with E-state index in [4.69, 9.17) is 20.3 Å². The number of anilines is 3. The van der Waals surface area contributed by atoms with Crippen molar-refractivity contribution in [1.82, 2.24) is 0 Å². The molecule has 0 aliphatic heterocycles. The van der Waals surface area contributed by atoms with Crippen LogP contribution in [0.2, 0.25) is 0 Å². The first-order valence-electron chi connectivity index (χ1n) is 8.76. The summed E-state index contributed by atoms with van der Waals surface area (Å²) in [5.74, 6) is -1.30. The largest absolute Gasteiger partial charge is 0.459 e. The number of imide groups is 1. The third kappa shape index (κ3) is 3.49. The number of hydrogen-bond acceptors (Lipinski definition) is 6. The van der Waals surface area contributed by atoms with Crippen LogP contribution in [0.1, 0.15) is 21.1 Å². The van der Waals surface area contributed by atoms with Crippen molar-refractivity contribution in [3.63, 3.8) is 0 Å². The third-order valence-electron chi connectivity index (χ3n) is 4.36. The lowest BCUT2D eigenvalue weighted by Gasteiger charge is -2.21. The van der Waals surface area contributed by atoms with E-state index in [-0.39, 0.29) is 22.9 Å². The van der Waals surface area contributed by atoms with Gasteiger partial charge in [0.25, 0.3) is 0 Å². The molecule has 0 atom stereocenters. The predicted octanol–water partition coefficient (Wildman–Crippen LogP) is 4.19. The fourth-order valence-electron chi connectivity index (χ4n) is 2.99. The summed E-state index contributed by atoms with van der Waals surface area (Å²) in [5.41, 5.74) is 14.8. The Hall–Kier alpha value is -4.26. The summed E-state index contributed by atoms with van der Waals surface area (Å²) in [5, 5.41) is 0. The van der Waals surface area contributed by atoms with Crippen LogP contribution in [0.25, 0.3) is 11.1 Å². The lowest BCUT2D eigenvalue weighted by Crippen LogP contribution is -2.37. The topological polar surface area (TPSA) is 116 Å². The molecule has 2 heterocycles. The monoisotopic (exact) mass is 387 g/mol. The molecule has 0 fully saturated rings. The third-order valence-corrected chi connectivity index (χ3v) is 4.36. The van der Waals surface area contributed by atoms with Crippen LogP contribution in [0.15, 0.2) is 88.1 Å². The Kier molecular flexibility index (Phi) is 4.62. The number of benzene rings is 2. The van der Waals surface area contributed by atoms with Gasteiger partial charge in [0.15, 0.2) is 11.5 Å². The molecular formula is C22H17N3O4. The normalized spacial score (nSPS) is 10.6. The van der Waals surface area contributed by atoms with Crippen molar-refractivity contribution >= 4 is 28.9 Å². The molecule has 2 aromatic carbocycles. The summed E-state index contributed by atoms with van der Waals surface area (Å²) in [4.78, 5) is 26.9. The molecule has 29 heavy (non-hydrogen) atoms. The van der Waals surface area contributed by atoms with Crippen LogP contribution in [0.4, 0.5) is 17.1 Å². The fourth-order valence-corrected chi connectivity index (χ4v) is 2.99. The molecule has 0 spiro atoms. The summed E-state index contributed by atoms with van der Waals surface area (Å²) in [6, 6.07) is 18.5. The average molecular weight is 387 g/mol. The number of furan rings is 2. The Balaban J connectivity index is 1.78. The maximum Gasteiger partial charge on any atom is 0.301 e. The summed E-state index contributed by atoms with van der Waals surface area (Å²) < 4.78 is 10.4. The van der Waals surface area contributed by atoms with E-state index in [0.29, 0.717) is 5.69 Å². The van der Waals surface area contributed by atoms with Gasteiger partial charge in [0.1, 0.15) is 0 Å². The number of nitrogens with zero attached hydrogens (tertiary/aromatic N) is 1. The van der Waals surface area contributed by atoms with Gasteiger partial charge in [0, 0.05) is 5.69 Å². The molecule has 7 heteroatoms. The minimum atomic E-state index is -0.653. The van der Waals surface area contributed by atoms with Crippen molar-refractivity contribution in [2.45, 2.75) is 0 Å². The number of hydrogen-bond donors (Lipinski definition) is 2. The molecule has 2 aromatic heterocycles. The van der Waals surface area contributed by atoms with Crippen LogP contribution in [-0.4, -0.2) is 11.8 Å². The van der Waals surface area contributed by atoms with Crippen LogP contribution >= 0.6 is 0 Å². The first kappa shape index (κ1) is 18.1. The number of carbonyl (C=O) groups excluding carboxylic acids is 2. The van der Waals surface area contributed by atoms with Gasteiger partial charge in [0.05, 0.1) is 23.9 Å². The SMILES string of the molecule is Nc1cccc(-c2ccc(N(C(=O)c3ccco3)C(=O)c3ccco3)c(N)c2)c1. The van der Waals surface area contributed by atoms with E-state index in [9.17, 15) is 9.59 Å². The number of carbonyl (C=O) groups is 2. The van der Waals surface area contributed by atoms with Gasteiger partial charge in [-0.05, 0) is 59.7 Å². The summed E-state index contributed by atoms with van der Waals surface area (Å²) in [7, 11) is 0. The van der Waals surface area contributed by atoms with Crippen molar-refractivity contribution in [2.24, 2.45) is 0 Å². The minimum Gasteiger partial charge on any atom is -0.459 e. The molecule has 4 aromatic rings. The Bertz CT molecular complexity index is 1120. The van der Waals surface area contributed by atoms with E-state index in [2.05, 4.69) is 0 Å². The maximum atomic E-state index is 13.0. The molecule has 0 bridgehead atoms. The van der Waals surface area contributed by atoms with Gasteiger partial charge in [0.2, 0.25) is 0 Å². The van der Waals surface area contributed by atoms with Gasteiger partial charge < -0.3 is 20.3 Å². The van der Waals surface area contributed by atoms with Crippen molar-refractivity contribution in [3.8, 4) is 11.1 Å². The number of rotatable bonds is 4. The van der Waals surface area contributed by atoms with Crippen LogP contribution in [0, 0.1) is 0 Å². The molecule has 0 saturated carbocycles. The molecule has 0 aliphatic rings. The van der Waals surface area contributed by atoms with E-state index in [0.717, 1.165) is 16.0 Å². The van der Waals surface area contributed by atoms with Crippen molar-refractivity contribution < 1.29 is 18.4 Å². The van der Waals surface area contributed by atoms with Crippen LogP contribution < -0.4 is 16.4 Å². The zero-order valence-electron chi connectivity index (χ0n) is 15.2. The highest BCUT2D eigenvalue weighted by molar-refractivity contribution is 6.25. The molecule has 4 N–H and O–H groups in total. The van der Waals surface area contributed by atoms with Crippen molar-refractivity contribution in [1.29, 1.82) is 0 Å². The van der Waals surface area contributed by atoms with E-state index >= 15 is 0 Å². The second-order valence-electron chi connectivity index (χ2n) is 6.30. The van der Waals surface area contributed by atoms with Crippen LogP contribution in [0.5, 0.6) is 0 Å². The fraction of sp³-hybridized carbons (Fsp3) is 0. The number of nitrogens with two attached hydrogens (primary N) is 2. The Morgan fingerprint density at radius 2 is 1.34 bits per heavy atom. The van der Waals surface area contributed by atoms with E-state index in [1.807, 2.05) is 18.2 Å². The van der Waals surface area contributed by atoms with Crippen molar-refractivity contribution in [3.05, 3.63) is 90.8 Å². The Labute approximate surface area is 166 Å². The molecule has 4 rings (SSSR count). The van der Waals surface area contributed by atoms with Gasteiger partial charge in [-0.15, -0.1) is 0 Å². The number of nitrogen functional groups attached to an aromatic ring is 2. The summed E-state index contributed by atoms with van der Waals surface area (Å²) >= 11 is 0. The molecular weight excluding hydrogens is 370 g/mol. The van der Waals surface area contributed by atoms with Gasteiger partial charge in [-0.2, -0.15) is 0 Å². The molecule has 7 nitrogen and oxygen atoms in total. The van der Waals surface area contributed by atoms with E-state index < -0.39 is 11.8 Å². The van der Waals surface area contributed by atoms with Crippen LogP contribution in [0.3, 0.4) is 0 Å². The second kappa shape index (κ2) is 7.40. The van der Waals surface area contributed by atoms with Gasteiger partial charge in [-0.3, -0.25) is 9.59 Å². The first-order valence-corrected chi connectivity index (χ1v) is 8.76. The molecule has 0 unspecified atom stereocenters. The van der Waals surface area contributed by atoms with Gasteiger partial charge >= 0.3 is 11.8 Å². The van der Waals surface area contributed by atoms with Gasteiger partial charge in [-0.25, -0.2) is 4.90 Å². The highest BCUT2D eigenvalue weighted by Gasteiger charge is 2.30. The lowest BCUT2D eigenvalue weighted by atomic mass is 10.0. The summed E-state index contributed by atoms with van der Waals surface area (Å²) in [6.07, 6.45) is 2.71. The highest BCUT2D eigenvalue weighted by Crippen LogP contribution is 2.32. The van der Waals surface area contributed by atoms with Crippen molar-refractivity contribution in [2.75, 3.05) is 16.4 Å². The smallest absolute Gasteiger partial charge is 0.301 e. The predicted molar refractivity (Wildman–Crippen MR) is 109 cm³/mol. The molecule has 0 aliphatic carbocycles. The zero-order valence-corrected chi connectivity index (χ0v) is 15.2. The standard InChI is InChI=1S/C22H17N3O4/c23-16-5-1-4-14(12-16)15-8-9-18(17(24)13-15)25(21(26)19-6-2-10-28-19)22(27)20-7-3-11-29-20/h1-13H,23-24H2. The van der Waals surface area contributed by atoms with Gasteiger partial charge in [-0.1, -0.05) is 18.2 Å². The van der Waals surface area contributed by atoms with Crippen LogP contribution in [-0.2, 0) is 0 Å². The quantitative estimate of drug-likeness (QED) is 0.401. The molecule has 0 radical (unpaired) electrons. The number of amides is 2. The van der Waals surface area contributed by atoms with E-state index in [1.54, 1.807) is 36.4 Å². The molecule has 2 amide bonds. The Morgan fingerprint density at radius 3 is 1.86 bits per heavy atom. The van der Waals surface area contributed by atoms with E-state index in [1.165, 1.54) is 24.7 Å². The first-order chi connectivity index (χ1) is 14.0. The lowest BCUT2D eigenvalue weighted by molar-refractivity contribution is 0.0867. The summed E-state index contributed by atoms with van der Waals surface area (Å²) in [6.45, 7) is 0.